The molecule has 0 amide bonds. The first-order chi connectivity index (χ1) is 7.29. The number of rotatable bonds is 3. The number of aliphatic hydroxyl groups excluding tert-OH is 1. The lowest BCUT2D eigenvalue weighted by Crippen LogP contribution is -2.46. The predicted octanol–water partition coefficient (Wildman–Crippen LogP) is 1.46. The van der Waals surface area contributed by atoms with Gasteiger partial charge >= 0.3 is 6.18 Å². The average molecular weight is 241 g/mol. The Balaban J connectivity index is 2.32. The fourth-order valence-electron chi connectivity index (χ4n) is 1.97. The summed E-state index contributed by atoms with van der Waals surface area (Å²) in [5, 5.41) is 11.6. The van der Waals surface area contributed by atoms with Gasteiger partial charge in [0.15, 0.2) is 6.10 Å². The second kappa shape index (κ2) is 5.33. The van der Waals surface area contributed by atoms with Crippen LogP contribution in [0.4, 0.5) is 13.2 Å². The third-order valence-corrected chi connectivity index (χ3v) is 2.68. The molecule has 1 aliphatic rings. The zero-order chi connectivity index (χ0) is 12.3. The molecule has 96 valence electrons. The van der Waals surface area contributed by atoms with Crippen molar-refractivity contribution in [1.82, 2.24) is 5.32 Å². The SMILES string of the molecule is CC1CC(NCC(O)C(F)(F)F)CC(C)O1. The summed E-state index contributed by atoms with van der Waals surface area (Å²) in [5.74, 6) is 0. The van der Waals surface area contributed by atoms with Gasteiger partial charge in [-0.1, -0.05) is 0 Å². The summed E-state index contributed by atoms with van der Waals surface area (Å²) in [6, 6.07) is -0.0178. The fourth-order valence-corrected chi connectivity index (χ4v) is 1.97. The number of alkyl halides is 3. The van der Waals surface area contributed by atoms with Crippen LogP contribution in [0, 0.1) is 0 Å². The minimum absolute atomic E-state index is 0.0178. The Morgan fingerprint density at radius 3 is 2.25 bits per heavy atom. The van der Waals surface area contributed by atoms with Gasteiger partial charge in [-0.25, -0.2) is 0 Å². The lowest BCUT2D eigenvalue weighted by atomic mass is 10.00. The zero-order valence-corrected chi connectivity index (χ0v) is 9.42. The molecule has 0 saturated carbocycles. The first-order valence-electron chi connectivity index (χ1n) is 5.42. The first kappa shape index (κ1) is 13.7. The smallest absolute Gasteiger partial charge is 0.382 e. The summed E-state index contributed by atoms with van der Waals surface area (Å²) < 4.78 is 41.6. The summed E-state index contributed by atoms with van der Waals surface area (Å²) in [6.45, 7) is 3.34. The summed E-state index contributed by atoms with van der Waals surface area (Å²) >= 11 is 0. The van der Waals surface area contributed by atoms with Gasteiger partial charge in [-0.15, -0.1) is 0 Å². The van der Waals surface area contributed by atoms with Gasteiger partial charge in [0.1, 0.15) is 0 Å². The van der Waals surface area contributed by atoms with Crippen LogP contribution >= 0.6 is 0 Å². The van der Waals surface area contributed by atoms with Crippen LogP contribution in [0.1, 0.15) is 26.7 Å². The van der Waals surface area contributed by atoms with Gasteiger partial charge in [0.2, 0.25) is 0 Å². The maximum absolute atomic E-state index is 12.0. The highest BCUT2D eigenvalue weighted by Crippen LogP contribution is 2.21. The molecule has 1 saturated heterocycles. The van der Waals surface area contributed by atoms with E-state index < -0.39 is 18.8 Å². The number of hydrogen-bond acceptors (Lipinski definition) is 3. The first-order valence-corrected chi connectivity index (χ1v) is 5.42. The molecule has 0 radical (unpaired) electrons. The predicted molar refractivity (Wildman–Crippen MR) is 53.1 cm³/mol. The van der Waals surface area contributed by atoms with Crippen LogP contribution in [0.3, 0.4) is 0 Å². The Labute approximate surface area is 93.0 Å². The fraction of sp³-hybridized carbons (Fsp3) is 1.00. The molecule has 0 aromatic rings. The maximum atomic E-state index is 12.0. The standard InChI is InChI=1S/C10H18F3NO2/c1-6-3-8(4-7(2)16-6)14-5-9(15)10(11,12)13/h6-9,14-15H,3-5H2,1-2H3. The third kappa shape index (κ3) is 4.27. The molecule has 1 aliphatic heterocycles. The second-order valence-electron chi connectivity index (χ2n) is 4.39. The normalized spacial score (nSPS) is 33.8. The molecular formula is C10H18F3NO2. The number of aliphatic hydroxyl groups is 1. The van der Waals surface area contributed by atoms with Crippen molar-refractivity contribution in [3.63, 3.8) is 0 Å². The second-order valence-corrected chi connectivity index (χ2v) is 4.39. The minimum atomic E-state index is -4.55. The molecular weight excluding hydrogens is 223 g/mol. The lowest BCUT2D eigenvalue weighted by Gasteiger charge is -2.33. The monoisotopic (exact) mass is 241 g/mol. The van der Waals surface area contributed by atoms with E-state index in [9.17, 15) is 13.2 Å². The van der Waals surface area contributed by atoms with Crippen molar-refractivity contribution in [2.45, 2.75) is 57.2 Å². The molecule has 1 fully saturated rings. The third-order valence-electron chi connectivity index (χ3n) is 2.68. The Morgan fingerprint density at radius 2 is 1.81 bits per heavy atom. The maximum Gasteiger partial charge on any atom is 0.415 e. The Hall–Kier alpha value is -0.330. The molecule has 0 spiro atoms. The van der Waals surface area contributed by atoms with Gasteiger partial charge in [0, 0.05) is 12.6 Å². The van der Waals surface area contributed by atoms with Crippen molar-refractivity contribution in [3.8, 4) is 0 Å². The molecule has 1 rings (SSSR count). The lowest BCUT2D eigenvalue weighted by molar-refractivity contribution is -0.202. The molecule has 0 aromatic carbocycles. The van der Waals surface area contributed by atoms with E-state index in [4.69, 9.17) is 9.84 Å². The van der Waals surface area contributed by atoms with Crippen LogP contribution in [0.2, 0.25) is 0 Å². The van der Waals surface area contributed by atoms with Crippen LogP contribution in [0.15, 0.2) is 0 Å². The van der Waals surface area contributed by atoms with Crippen LogP contribution in [0.5, 0.6) is 0 Å². The summed E-state index contributed by atoms with van der Waals surface area (Å²) in [4.78, 5) is 0. The van der Waals surface area contributed by atoms with E-state index in [-0.39, 0.29) is 18.2 Å². The van der Waals surface area contributed by atoms with Gasteiger partial charge in [-0.3, -0.25) is 0 Å². The molecule has 0 bridgehead atoms. The molecule has 1 heterocycles. The molecule has 16 heavy (non-hydrogen) atoms. The molecule has 2 N–H and O–H groups in total. The quantitative estimate of drug-likeness (QED) is 0.786. The summed E-state index contributed by atoms with van der Waals surface area (Å²) in [5.41, 5.74) is 0. The van der Waals surface area contributed by atoms with E-state index in [1.165, 1.54) is 0 Å². The molecule has 3 unspecified atom stereocenters. The van der Waals surface area contributed by atoms with Crippen molar-refractivity contribution < 1.29 is 23.0 Å². The van der Waals surface area contributed by atoms with E-state index in [0.29, 0.717) is 12.8 Å². The van der Waals surface area contributed by atoms with Crippen molar-refractivity contribution in [3.05, 3.63) is 0 Å². The van der Waals surface area contributed by atoms with Gasteiger partial charge < -0.3 is 15.2 Å². The van der Waals surface area contributed by atoms with Crippen LogP contribution in [0.25, 0.3) is 0 Å². The highest BCUT2D eigenvalue weighted by molar-refractivity contribution is 4.80. The van der Waals surface area contributed by atoms with Crippen LogP contribution in [-0.4, -0.2) is 42.2 Å². The minimum Gasteiger partial charge on any atom is -0.382 e. The number of halogens is 3. The highest BCUT2D eigenvalue weighted by Gasteiger charge is 2.38. The largest absolute Gasteiger partial charge is 0.415 e. The van der Waals surface area contributed by atoms with Gasteiger partial charge in [-0.2, -0.15) is 13.2 Å². The number of nitrogens with one attached hydrogen (secondary N) is 1. The van der Waals surface area contributed by atoms with Crippen LogP contribution < -0.4 is 5.32 Å². The van der Waals surface area contributed by atoms with E-state index in [2.05, 4.69) is 5.32 Å². The van der Waals surface area contributed by atoms with E-state index in [1.807, 2.05) is 13.8 Å². The number of ether oxygens (including phenoxy) is 1. The molecule has 0 aliphatic carbocycles. The molecule has 3 atom stereocenters. The van der Waals surface area contributed by atoms with Crippen molar-refractivity contribution in [2.24, 2.45) is 0 Å². The Bertz CT molecular complexity index is 213. The van der Waals surface area contributed by atoms with Crippen molar-refractivity contribution >= 4 is 0 Å². The topological polar surface area (TPSA) is 41.5 Å². The van der Waals surface area contributed by atoms with E-state index >= 15 is 0 Å². The van der Waals surface area contributed by atoms with Gasteiger partial charge in [0.05, 0.1) is 12.2 Å². The van der Waals surface area contributed by atoms with E-state index in [1.54, 1.807) is 0 Å². The highest BCUT2D eigenvalue weighted by atomic mass is 19.4. The van der Waals surface area contributed by atoms with Crippen LogP contribution in [-0.2, 0) is 4.74 Å². The molecule has 6 heteroatoms. The van der Waals surface area contributed by atoms with E-state index in [0.717, 1.165) is 0 Å². The van der Waals surface area contributed by atoms with Crippen molar-refractivity contribution in [2.75, 3.05) is 6.54 Å². The zero-order valence-electron chi connectivity index (χ0n) is 9.42. The number of hydrogen-bond donors (Lipinski definition) is 2. The Morgan fingerprint density at radius 1 is 1.31 bits per heavy atom. The Kier molecular flexibility index (Phi) is 4.58. The van der Waals surface area contributed by atoms with Gasteiger partial charge in [-0.05, 0) is 26.7 Å². The molecule has 3 nitrogen and oxygen atoms in total. The van der Waals surface area contributed by atoms with Crippen molar-refractivity contribution in [1.29, 1.82) is 0 Å². The average Bonchev–Trinajstić information content (AvgIpc) is 2.11. The van der Waals surface area contributed by atoms with Gasteiger partial charge in [0.25, 0.3) is 0 Å². The summed E-state index contributed by atoms with van der Waals surface area (Å²) in [6.07, 6.45) is -5.39. The molecule has 0 aromatic heterocycles. The summed E-state index contributed by atoms with van der Waals surface area (Å²) in [7, 11) is 0.